The Bertz CT molecular complexity index is 3300. The number of hydrogen-bond donors (Lipinski definition) is 0. The molecule has 0 bridgehead atoms. The van der Waals surface area contributed by atoms with Gasteiger partial charge in [-0.2, -0.15) is 0 Å². The van der Waals surface area contributed by atoms with E-state index < -0.39 is 0 Å². The van der Waals surface area contributed by atoms with E-state index in [-0.39, 0.29) is 0 Å². The topological polar surface area (TPSA) is 42.1 Å². The molecule has 6 heteroatoms. The minimum Gasteiger partial charge on any atom is -0.310 e. The van der Waals surface area contributed by atoms with Crippen LogP contribution < -0.4 is 9.80 Å². The number of nitrogens with zero attached hydrogens (tertiary/aromatic N) is 6. The van der Waals surface area contributed by atoms with Gasteiger partial charge in [0.2, 0.25) is 0 Å². The number of benzene rings is 8. The molecule has 0 amide bonds. The van der Waals surface area contributed by atoms with Crippen molar-refractivity contribution in [1.29, 1.82) is 0 Å². The van der Waals surface area contributed by atoms with Gasteiger partial charge in [-0.1, -0.05) is 109 Å². The number of rotatable bonds is 9. The van der Waals surface area contributed by atoms with Crippen molar-refractivity contribution >= 4 is 77.7 Å². The molecular formula is C58H40N6. The largest absolute Gasteiger partial charge is 0.310 e. The van der Waals surface area contributed by atoms with Gasteiger partial charge in [0.25, 0.3) is 0 Å². The van der Waals surface area contributed by atoms with Crippen LogP contribution in [0.1, 0.15) is 0 Å². The quantitative estimate of drug-likeness (QED) is 0.145. The fourth-order valence-corrected chi connectivity index (χ4v) is 9.43. The molecule has 0 aliphatic rings. The summed E-state index contributed by atoms with van der Waals surface area (Å²) in [4.78, 5) is 15.0. The molecule has 0 fully saturated rings. The molecule has 12 aromatic rings. The first kappa shape index (κ1) is 37.1. The van der Waals surface area contributed by atoms with Crippen LogP contribution in [0.25, 0.3) is 66.4 Å². The Labute approximate surface area is 370 Å². The van der Waals surface area contributed by atoms with Crippen LogP contribution in [0.2, 0.25) is 0 Å². The van der Waals surface area contributed by atoms with Gasteiger partial charge in [-0.25, -0.2) is 9.97 Å². The Morgan fingerprint density at radius 1 is 0.266 bits per heavy atom. The zero-order chi connectivity index (χ0) is 42.4. The third kappa shape index (κ3) is 6.19. The van der Waals surface area contributed by atoms with E-state index in [1.165, 1.54) is 0 Å². The van der Waals surface area contributed by atoms with Crippen molar-refractivity contribution < 1.29 is 0 Å². The van der Waals surface area contributed by atoms with E-state index in [0.29, 0.717) is 0 Å². The predicted molar refractivity (Wildman–Crippen MR) is 266 cm³/mol. The number of aromatic nitrogens is 4. The first-order chi connectivity index (χ1) is 31.8. The van der Waals surface area contributed by atoms with Crippen LogP contribution in [0.15, 0.2) is 243 Å². The molecule has 0 saturated heterocycles. The molecule has 0 N–H and O–H groups in total. The van der Waals surface area contributed by atoms with Crippen LogP contribution >= 0.6 is 0 Å². The lowest BCUT2D eigenvalue weighted by Crippen LogP contribution is -2.09. The van der Waals surface area contributed by atoms with Gasteiger partial charge in [0.1, 0.15) is 11.6 Å². The number of pyridine rings is 2. The molecule has 0 unspecified atom stereocenters. The van der Waals surface area contributed by atoms with Crippen LogP contribution in [-0.4, -0.2) is 19.1 Å². The molecular weight excluding hydrogens is 781 g/mol. The summed E-state index contributed by atoms with van der Waals surface area (Å²) in [6.45, 7) is 0. The third-order valence-electron chi connectivity index (χ3n) is 12.2. The van der Waals surface area contributed by atoms with Crippen LogP contribution in [0.4, 0.5) is 34.1 Å². The fraction of sp³-hybridized carbons (Fsp3) is 0. The summed E-state index contributed by atoms with van der Waals surface area (Å²) in [6, 6.07) is 81.5. The van der Waals surface area contributed by atoms with E-state index in [9.17, 15) is 0 Å². The van der Waals surface area contributed by atoms with Gasteiger partial charge in [0.15, 0.2) is 0 Å². The normalized spacial score (nSPS) is 11.4. The van der Waals surface area contributed by atoms with E-state index >= 15 is 0 Å². The second-order valence-corrected chi connectivity index (χ2v) is 15.9. The first-order valence-electron chi connectivity index (χ1n) is 21.6. The third-order valence-corrected chi connectivity index (χ3v) is 12.2. The molecule has 12 rings (SSSR count). The summed E-state index contributed by atoms with van der Waals surface area (Å²) >= 11 is 0. The molecule has 0 spiro atoms. The van der Waals surface area contributed by atoms with E-state index in [2.05, 4.69) is 237 Å². The Balaban J connectivity index is 1.04. The van der Waals surface area contributed by atoms with Gasteiger partial charge >= 0.3 is 0 Å². The lowest BCUT2D eigenvalue weighted by atomic mass is 10.1. The summed E-state index contributed by atoms with van der Waals surface area (Å²) in [5.41, 5.74) is 12.8. The molecule has 0 radical (unpaired) electrons. The highest BCUT2D eigenvalue weighted by Crippen LogP contribution is 2.43. The predicted octanol–water partition coefficient (Wildman–Crippen LogP) is 15.3. The van der Waals surface area contributed by atoms with Crippen molar-refractivity contribution in [1.82, 2.24) is 19.1 Å². The molecule has 0 aliphatic carbocycles. The Hall–Kier alpha value is -8.74. The van der Waals surface area contributed by atoms with Gasteiger partial charge in [-0.15, -0.1) is 0 Å². The maximum Gasteiger partial charge on any atom is 0.145 e. The molecule has 8 aromatic carbocycles. The molecule has 0 aliphatic heterocycles. The van der Waals surface area contributed by atoms with Crippen molar-refractivity contribution in [3.05, 3.63) is 243 Å². The van der Waals surface area contributed by atoms with E-state index in [1.807, 2.05) is 24.5 Å². The summed E-state index contributed by atoms with van der Waals surface area (Å²) in [5, 5.41) is 4.60. The van der Waals surface area contributed by atoms with Crippen LogP contribution in [-0.2, 0) is 0 Å². The summed E-state index contributed by atoms with van der Waals surface area (Å²) in [6.07, 6.45) is 3.78. The maximum absolute atomic E-state index is 5.20. The summed E-state index contributed by atoms with van der Waals surface area (Å²) in [7, 11) is 0. The monoisotopic (exact) mass is 820 g/mol. The summed E-state index contributed by atoms with van der Waals surface area (Å²) < 4.78 is 4.63. The average molecular weight is 821 g/mol. The maximum atomic E-state index is 5.20. The lowest BCUT2D eigenvalue weighted by molar-refractivity contribution is 1.06. The molecule has 0 atom stereocenters. The molecule has 4 heterocycles. The van der Waals surface area contributed by atoms with Crippen molar-refractivity contribution in [2.45, 2.75) is 0 Å². The van der Waals surface area contributed by atoms with E-state index in [4.69, 9.17) is 9.97 Å². The van der Waals surface area contributed by atoms with E-state index in [0.717, 1.165) is 100 Å². The van der Waals surface area contributed by atoms with Crippen LogP contribution in [0.5, 0.6) is 0 Å². The molecule has 0 saturated carbocycles. The van der Waals surface area contributed by atoms with Crippen molar-refractivity contribution in [3.63, 3.8) is 0 Å². The number of anilines is 6. The molecule has 6 nitrogen and oxygen atoms in total. The molecule has 302 valence electrons. The SMILES string of the molecule is c1ccc(N(c2ccccc2)c2ccc3c(c2)c2ccccc2n3-c2ncccc2-c2cccnc2-n2c3ccccc3c3cc(N(c4ccccc4)c4ccccc4)ccc32)cc1. The zero-order valence-electron chi connectivity index (χ0n) is 34.8. The number of para-hydroxylation sites is 6. The zero-order valence-corrected chi connectivity index (χ0v) is 34.8. The van der Waals surface area contributed by atoms with Crippen molar-refractivity contribution in [2.75, 3.05) is 9.80 Å². The number of hydrogen-bond acceptors (Lipinski definition) is 4. The summed E-state index contributed by atoms with van der Waals surface area (Å²) in [5.74, 6) is 1.67. The Kier molecular flexibility index (Phi) is 9.05. The minimum absolute atomic E-state index is 0.836. The smallest absolute Gasteiger partial charge is 0.145 e. The van der Waals surface area contributed by atoms with Gasteiger partial charge < -0.3 is 9.80 Å². The van der Waals surface area contributed by atoms with Gasteiger partial charge in [0, 0.05) is 79.2 Å². The van der Waals surface area contributed by atoms with Crippen LogP contribution in [0, 0.1) is 0 Å². The second kappa shape index (κ2) is 15.6. The number of fused-ring (bicyclic) bond motifs is 6. The first-order valence-corrected chi connectivity index (χ1v) is 21.6. The highest BCUT2D eigenvalue weighted by atomic mass is 15.2. The van der Waals surface area contributed by atoms with Crippen molar-refractivity contribution in [3.8, 4) is 22.8 Å². The Morgan fingerprint density at radius 2 is 0.594 bits per heavy atom. The van der Waals surface area contributed by atoms with Gasteiger partial charge in [-0.3, -0.25) is 9.13 Å². The second-order valence-electron chi connectivity index (χ2n) is 15.9. The van der Waals surface area contributed by atoms with Gasteiger partial charge in [0.05, 0.1) is 22.1 Å². The highest BCUT2D eigenvalue weighted by Gasteiger charge is 2.23. The fourth-order valence-electron chi connectivity index (χ4n) is 9.43. The van der Waals surface area contributed by atoms with E-state index in [1.54, 1.807) is 0 Å². The Morgan fingerprint density at radius 3 is 0.969 bits per heavy atom. The minimum atomic E-state index is 0.836. The molecule has 64 heavy (non-hydrogen) atoms. The van der Waals surface area contributed by atoms with Crippen molar-refractivity contribution in [2.24, 2.45) is 0 Å². The standard InChI is InChI=1S/C58H40N6/c1-5-19-41(20-6-1)61(42-21-7-2-8-22-42)45-33-35-55-51(39-45)47-27-13-15-31-53(47)63(55)57-49(29-17-37-59-57)50-30-18-38-60-58(50)64-54-32-16-14-28-48(54)52-40-46(34-36-56(52)64)62(43-23-9-3-10-24-43)44-25-11-4-12-26-44/h1-40H. The lowest BCUT2D eigenvalue weighted by Gasteiger charge is -2.25. The van der Waals surface area contributed by atoms with Gasteiger partial charge in [-0.05, 0) is 121 Å². The molecule has 4 aromatic heterocycles. The van der Waals surface area contributed by atoms with Crippen LogP contribution in [0.3, 0.4) is 0 Å². The average Bonchev–Trinajstić information content (AvgIpc) is 3.88. The highest BCUT2D eigenvalue weighted by molar-refractivity contribution is 6.12.